The molecule has 1 amide bonds. The third-order valence-corrected chi connectivity index (χ3v) is 5.98. The monoisotopic (exact) mass is 448 g/mol. The number of thiophene rings is 1. The highest BCUT2D eigenvalue weighted by Gasteiger charge is 2.26. The number of carbonyl (C=O) groups is 2. The SMILES string of the molecule is O=C(OCC(=O)N1CCc2ccccc21)c1nc(-c2cccs2)n(-c2ccc(F)cc2)n1. The van der Waals surface area contributed by atoms with Gasteiger partial charge in [0, 0.05) is 12.2 Å². The van der Waals surface area contributed by atoms with Gasteiger partial charge in [-0.05, 0) is 53.8 Å². The minimum Gasteiger partial charge on any atom is -0.450 e. The van der Waals surface area contributed by atoms with Crippen LogP contribution in [0.4, 0.5) is 10.1 Å². The van der Waals surface area contributed by atoms with E-state index in [0.717, 1.165) is 22.5 Å². The summed E-state index contributed by atoms with van der Waals surface area (Å²) in [5, 5.41) is 6.15. The van der Waals surface area contributed by atoms with Gasteiger partial charge in [0.05, 0.1) is 10.6 Å². The number of benzene rings is 2. The van der Waals surface area contributed by atoms with Gasteiger partial charge in [-0.3, -0.25) is 4.79 Å². The van der Waals surface area contributed by atoms with Crippen LogP contribution in [0.1, 0.15) is 16.2 Å². The van der Waals surface area contributed by atoms with E-state index in [2.05, 4.69) is 10.1 Å². The summed E-state index contributed by atoms with van der Waals surface area (Å²) in [6.45, 7) is 0.141. The number of nitrogens with zero attached hydrogens (tertiary/aromatic N) is 4. The summed E-state index contributed by atoms with van der Waals surface area (Å²) in [6.07, 6.45) is 0.768. The number of hydrogen-bond donors (Lipinski definition) is 0. The van der Waals surface area contributed by atoms with Crippen molar-refractivity contribution in [2.75, 3.05) is 18.1 Å². The van der Waals surface area contributed by atoms with Gasteiger partial charge in [0.15, 0.2) is 12.4 Å². The zero-order valence-corrected chi connectivity index (χ0v) is 17.6. The highest BCUT2D eigenvalue weighted by Crippen LogP contribution is 2.28. The second-order valence-electron chi connectivity index (χ2n) is 7.12. The lowest BCUT2D eigenvalue weighted by molar-refractivity contribution is -0.121. The summed E-state index contributed by atoms with van der Waals surface area (Å²) in [5.41, 5.74) is 2.48. The molecule has 0 fully saturated rings. The van der Waals surface area contributed by atoms with E-state index in [-0.39, 0.29) is 17.5 Å². The van der Waals surface area contributed by atoms with Crippen LogP contribution in [0, 0.1) is 5.82 Å². The average Bonchev–Trinajstić information content (AvgIpc) is 3.56. The van der Waals surface area contributed by atoms with E-state index < -0.39 is 12.6 Å². The van der Waals surface area contributed by atoms with Gasteiger partial charge < -0.3 is 9.64 Å². The minimum absolute atomic E-state index is 0.174. The Hall–Kier alpha value is -3.85. The van der Waals surface area contributed by atoms with Crippen molar-refractivity contribution in [1.29, 1.82) is 0 Å². The Morgan fingerprint density at radius 2 is 1.88 bits per heavy atom. The van der Waals surface area contributed by atoms with Gasteiger partial charge in [0.1, 0.15) is 5.82 Å². The Kier molecular flexibility index (Phi) is 5.24. The molecule has 160 valence electrons. The molecule has 1 aliphatic heterocycles. The van der Waals surface area contributed by atoms with Crippen LogP contribution < -0.4 is 4.90 Å². The number of rotatable bonds is 5. The Morgan fingerprint density at radius 3 is 2.66 bits per heavy atom. The van der Waals surface area contributed by atoms with E-state index in [1.807, 2.05) is 41.8 Å². The summed E-state index contributed by atoms with van der Waals surface area (Å²) < 4.78 is 20.0. The zero-order chi connectivity index (χ0) is 22.1. The number of aromatic nitrogens is 3. The van der Waals surface area contributed by atoms with Crippen LogP contribution >= 0.6 is 11.3 Å². The first-order valence-electron chi connectivity index (χ1n) is 9.92. The Morgan fingerprint density at radius 1 is 1.06 bits per heavy atom. The minimum atomic E-state index is -0.801. The number of amides is 1. The number of carbonyl (C=O) groups excluding carboxylic acids is 2. The second kappa shape index (κ2) is 8.35. The van der Waals surface area contributed by atoms with Crippen molar-refractivity contribution in [2.45, 2.75) is 6.42 Å². The van der Waals surface area contributed by atoms with E-state index >= 15 is 0 Å². The van der Waals surface area contributed by atoms with Gasteiger partial charge in [-0.1, -0.05) is 24.3 Å². The van der Waals surface area contributed by atoms with Crippen LogP contribution in [0.2, 0.25) is 0 Å². The molecule has 7 nitrogen and oxygen atoms in total. The second-order valence-corrected chi connectivity index (χ2v) is 8.07. The van der Waals surface area contributed by atoms with Crippen LogP contribution in [0.15, 0.2) is 66.0 Å². The third-order valence-electron chi connectivity index (χ3n) is 5.12. The van der Waals surface area contributed by atoms with Gasteiger partial charge in [-0.25, -0.2) is 13.9 Å². The lowest BCUT2D eigenvalue weighted by atomic mass is 10.2. The van der Waals surface area contributed by atoms with E-state index in [1.165, 1.54) is 28.2 Å². The molecule has 2 aromatic heterocycles. The smallest absolute Gasteiger partial charge is 0.378 e. The van der Waals surface area contributed by atoms with Crippen molar-refractivity contribution < 1.29 is 18.7 Å². The molecule has 0 bridgehead atoms. The lowest BCUT2D eigenvalue weighted by Gasteiger charge is -2.16. The Labute approximate surface area is 186 Å². The molecule has 0 saturated heterocycles. The van der Waals surface area contributed by atoms with Crippen LogP contribution in [0.5, 0.6) is 0 Å². The molecule has 4 aromatic rings. The first-order valence-corrected chi connectivity index (χ1v) is 10.8. The van der Waals surface area contributed by atoms with Crippen molar-refractivity contribution in [2.24, 2.45) is 0 Å². The third kappa shape index (κ3) is 3.78. The molecule has 1 aliphatic rings. The van der Waals surface area contributed by atoms with Crippen LogP contribution in [-0.4, -0.2) is 39.8 Å². The maximum absolute atomic E-state index is 13.4. The predicted octanol–water partition coefficient (Wildman–Crippen LogP) is 3.88. The Bertz CT molecular complexity index is 1290. The molecule has 32 heavy (non-hydrogen) atoms. The summed E-state index contributed by atoms with van der Waals surface area (Å²) in [4.78, 5) is 32.0. The summed E-state index contributed by atoms with van der Waals surface area (Å²) in [6, 6.07) is 17.1. The maximum Gasteiger partial charge on any atom is 0.378 e. The fraction of sp³-hybridized carbons (Fsp3) is 0.130. The molecule has 0 N–H and O–H groups in total. The van der Waals surface area contributed by atoms with Gasteiger partial charge in [-0.2, -0.15) is 4.98 Å². The number of para-hydroxylation sites is 1. The van der Waals surface area contributed by atoms with E-state index in [4.69, 9.17) is 4.74 Å². The summed E-state index contributed by atoms with van der Waals surface area (Å²) >= 11 is 1.43. The first-order chi connectivity index (χ1) is 15.6. The maximum atomic E-state index is 13.4. The van der Waals surface area contributed by atoms with Crippen molar-refractivity contribution in [3.05, 3.63) is 83.2 Å². The van der Waals surface area contributed by atoms with Crippen molar-refractivity contribution in [1.82, 2.24) is 14.8 Å². The van der Waals surface area contributed by atoms with Crippen molar-refractivity contribution >= 4 is 28.9 Å². The number of halogens is 1. The van der Waals surface area contributed by atoms with Crippen molar-refractivity contribution in [3.8, 4) is 16.4 Å². The number of anilines is 1. The predicted molar refractivity (Wildman–Crippen MR) is 117 cm³/mol. The van der Waals surface area contributed by atoms with Crippen molar-refractivity contribution in [3.63, 3.8) is 0 Å². The zero-order valence-electron chi connectivity index (χ0n) is 16.8. The molecule has 0 aliphatic carbocycles. The molecular formula is C23H17FN4O3S. The number of hydrogen-bond acceptors (Lipinski definition) is 6. The fourth-order valence-electron chi connectivity index (χ4n) is 3.59. The van der Waals surface area contributed by atoms with E-state index in [1.54, 1.807) is 17.0 Å². The lowest BCUT2D eigenvalue weighted by Crippen LogP contribution is -2.33. The quantitative estimate of drug-likeness (QED) is 0.433. The fourth-order valence-corrected chi connectivity index (χ4v) is 4.29. The molecule has 0 radical (unpaired) electrons. The topological polar surface area (TPSA) is 77.3 Å². The van der Waals surface area contributed by atoms with E-state index in [9.17, 15) is 14.0 Å². The first kappa shape index (κ1) is 20.1. The van der Waals surface area contributed by atoms with Crippen LogP contribution in [-0.2, 0) is 16.0 Å². The highest BCUT2D eigenvalue weighted by molar-refractivity contribution is 7.13. The number of ether oxygens (including phenoxy) is 1. The molecule has 0 unspecified atom stereocenters. The molecule has 2 aromatic carbocycles. The summed E-state index contributed by atoms with van der Waals surface area (Å²) in [5.74, 6) is -1.23. The van der Waals surface area contributed by atoms with E-state index in [0.29, 0.717) is 18.1 Å². The molecule has 5 rings (SSSR count). The van der Waals surface area contributed by atoms with Crippen LogP contribution in [0.3, 0.4) is 0 Å². The van der Waals surface area contributed by atoms with Crippen LogP contribution in [0.25, 0.3) is 16.4 Å². The Balaban J connectivity index is 1.35. The molecular weight excluding hydrogens is 431 g/mol. The van der Waals surface area contributed by atoms with Gasteiger partial charge in [0.25, 0.3) is 11.7 Å². The van der Waals surface area contributed by atoms with Gasteiger partial charge in [-0.15, -0.1) is 16.4 Å². The van der Waals surface area contributed by atoms with Gasteiger partial charge >= 0.3 is 5.97 Å². The highest BCUT2D eigenvalue weighted by atomic mass is 32.1. The summed E-state index contributed by atoms with van der Waals surface area (Å²) in [7, 11) is 0. The average molecular weight is 448 g/mol. The molecule has 3 heterocycles. The standard InChI is InChI=1S/C23H17FN4O3S/c24-16-7-9-17(10-8-16)28-22(19-6-3-13-32-19)25-21(26-28)23(30)31-14-20(29)27-12-11-15-4-1-2-5-18(15)27/h1-10,13H,11-12,14H2. The molecule has 0 saturated carbocycles. The van der Waals surface area contributed by atoms with Gasteiger partial charge in [0.2, 0.25) is 0 Å². The normalized spacial score (nSPS) is 12.6. The largest absolute Gasteiger partial charge is 0.450 e. The molecule has 0 spiro atoms. The molecule has 9 heteroatoms. The number of fused-ring (bicyclic) bond motifs is 1. The molecule has 0 atom stereocenters. The number of esters is 1.